The lowest BCUT2D eigenvalue weighted by Gasteiger charge is -2.06. The van der Waals surface area contributed by atoms with Crippen LogP contribution in [0.2, 0.25) is 0 Å². The Morgan fingerprint density at radius 1 is 1.16 bits per heavy atom. The Morgan fingerprint density at radius 3 is 2.42 bits per heavy atom. The third kappa shape index (κ3) is 5.52. The summed E-state index contributed by atoms with van der Waals surface area (Å²) in [5.74, 6) is -0.0822. The second-order valence-electron chi connectivity index (χ2n) is 4.30. The molecule has 4 N–H and O–H groups in total. The molecule has 0 radical (unpaired) electrons. The van der Waals surface area contributed by atoms with Crippen LogP contribution in [-0.4, -0.2) is 25.4 Å². The van der Waals surface area contributed by atoms with E-state index in [4.69, 9.17) is 5.73 Å². The van der Waals surface area contributed by atoms with E-state index in [1.807, 2.05) is 12.1 Å². The number of benzene rings is 1. The van der Waals surface area contributed by atoms with Gasteiger partial charge in [0.25, 0.3) is 5.91 Å². The number of unbranched alkanes of at least 4 members (excludes halogenated alkanes) is 1. The summed E-state index contributed by atoms with van der Waals surface area (Å²) in [6.45, 7) is 1.10. The van der Waals surface area contributed by atoms with Gasteiger partial charge in [0.2, 0.25) is 5.91 Å². The van der Waals surface area contributed by atoms with Gasteiger partial charge in [-0.2, -0.15) is 0 Å². The molecule has 19 heavy (non-hydrogen) atoms. The van der Waals surface area contributed by atoms with E-state index in [9.17, 15) is 9.59 Å². The van der Waals surface area contributed by atoms with Crippen LogP contribution < -0.4 is 16.4 Å². The van der Waals surface area contributed by atoms with Crippen LogP contribution in [0.1, 0.15) is 35.2 Å². The van der Waals surface area contributed by atoms with Crippen LogP contribution in [0.4, 0.5) is 0 Å². The van der Waals surface area contributed by atoms with E-state index in [0.717, 1.165) is 18.4 Å². The second-order valence-corrected chi connectivity index (χ2v) is 4.30. The molecule has 0 atom stereocenters. The molecule has 0 spiro atoms. The molecule has 0 saturated carbocycles. The molecular formula is C14H21N3O2. The lowest BCUT2D eigenvalue weighted by atomic mass is 10.1. The number of hydrogen-bond donors (Lipinski definition) is 3. The summed E-state index contributed by atoms with van der Waals surface area (Å²) in [5, 5.41) is 5.40. The Labute approximate surface area is 113 Å². The molecule has 1 aromatic carbocycles. The number of carbonyl (C=O) groups excluding carboxylic acids is 2. The summed E-state index contributed by atoms with van der Waals surface area (Å²) in [5.41, 5.74) is 6.95. The fourth-order valence-corrected chi connectivity index (χ4v) is 1.64. The summed E-state index contributed by atoms with van der Waals surface area (Å²) >= 11 is 0. The highest BCUT2D eigenvalue weighted by Crippen LogP contribution is 2.04. The molecule has 0 unspecified atom stereocenters. The van der Waals surface area contributed by atoms with E-state index in [2.05, 4.69) is 10.6 Å². The van der Waals surface area contributed by atoms with E-state index < -0.39 is 0 Å². The normalized spacial score (nSPS) is 10.0. The van der Waals surface area contributed by atoms with Gasteiger partial charge in [-0.3, -0.25) is 9.59 Å². The molecule has 0 bridgehead atoms. The zero-order chi connectivity index (χ0) is 14.1. The van der Waals surface area contributed by atoms with Gasteiger partial charge in [0.05, 0.1) is 0 Å². The fraction of sp³-hybridized carbons (Fsp3) is 0.429. The highest BCUT2D eigenvalue weighted by atomic mass is 16.2. The first-order chi connectivity index (χ1) is 9.17. The van der Waals surface area contributed by atoms with Crippen LogP contribution >= 0.6 is 0 Å². The van der Waals surface area contributed by atoms with E-state index >= 15 is 0 Å². The van der Waals surface area contributed by atoms with Crippen LogP contribution in [0.25, 0.3) is 0 Å². The Hall–Kier alpha value is -1.88. The maximum Gasteiger partial charge on any atom is 0.251 e. The first-order valence-corrected chi connectivity index (χ1v) is 6.45. The van der Waals surface area contributed by atoms with Gasteiger partial charge < -0.3 is 16.4 Å². The van der Waals surface area contributed by atoms with Crippen molar-refractivity contribution in [1.29, 1.82) is 0 Å². The van der Waals surface area contributed by atoms with Gasteiger partial charge in [0.15, 0.2) is 0 Å². The lowest BCUT2D eigenvalue weighted by molar-refractivity contribution is -0.121. The van der Waals surface area contributed by atoms with E-state index in [1.165, 1.54) is 0 Å². The molecule has 104 valence electrons. The molecular weight excluding hydrogens is 242 g/mol. The number of hydrogen-bond acceptors (Lipinski definition) is 3. The average Bonchev–Trinajstić information content (AvgIpc) is 2.45. The molecule has 2 amide bonds. The highest BCUT2D eigenvalue weighted by molar-refractivity contribution is 5.93. The third-order valence-electron chi connectivity index (χ3n) is 2.79. The summed E-state index contributed by atoms with van der Waals surface area (Å²) < 4.78 is 0. The summed E-state index contributed by atoms with van der Waals surface area (Å²) in [6.07, 6.45) is 2.19. The summed E-state index contributed by atoms with van der Waals surface area (Å²) in [7, 11) is 1.60. The third-order valence-corrected chi connectivity index (χ3v) is 2.79. The fourth-order valence-electron chi connectivity index (χ4n) is 1.64. The number of carbonyl (C=O) groups is 2. The summed E-state index contributed by atoms with van der Waals surface area (Å²) in [6, 6.07) is 7.17. The van der Waals surface area contributed by atoms with Gasteiger partial charge in [-0.1, -0.05) is 12.1 Å². The van der Waals surface area contributed by atoms with Crippen molar-refractivity contribution >= 4 is 11.8 Å². The van der Waals surface area contributed by atoms with Gasteiger partial charge in [-0.05, 0) is 37.1 Å². The quantitative estimate of drug-likeness (QED) is 0.636. The molecule has 0 aliphatic rings. The summed E-state index contributed by atoms with van der Waals surface area (Å²) in [4.78, 5) is 22.8. The van der Waals surface area contributed by atoms with Crippen LogP contribution in [-0.2, 0) is 11.3 Å². The minimum atomic E-state index is -0.114. The zero-order valence-corrected chi connectivity index (χ0v) is 11.2. The first-order valence-electron chi connectivity index (χ1n) is 6.45. The van der Waals surface area contributed by atoms with Crippen LogP contribution in [0.5, 0.6) is 0 Å². The van der Waals surface area contributed by atoms with Crippen molar-refractivity contribution < 1.29 is 9.59 Å². The van der Waals surface area contributed by atoms with Gasteiger partial charge in [-0.15, -0.1) is 0 Å². The van der Waals surface area contributed by atoms with Crippen molar-refractivity contribution in [1.82, 2.24) is 10.6 Å². The van der Waals surface area contributed by atoms with Crippen molar-refractivity contribution in [2.75, 3.05) is 13.6 Å². The highest BCUT2D eigenvalue weighted by Gasteiger charge is 2.03. The second kappa shape index (κ2) is 8.26. The molecule has 0 aromatic heterocycles. The number of nitrogens with one attached hydrogen (secondary N) is 2. The number of nitrogens with two attached hydrogens (primary N) is 1. The average molecular weight is 263 g/mol. The standard InChI is InChI=1S/C14H21N3O2/c1-16-14(19)12-7-5-11(6-8-12)10-17-13(18)4-2-3-9-15/h5-8H,2-4,9-10,15H2,1H3,(H,16,19)(H,17,18). The zero-order valence-electron chi connectivity index (χ0n) is 11.2. The van der Waals surface area contributed by atoms with E-state index in [-0.39, 0.29) is 11.8 Å². The molecule has 1 aromatic rings. The van der Waals surface area contributed by atoms with Crippen molar-refractivity contribution in [2.45, 2.75) is 25.8 Å². The molecule has 5 nitrogen and oxygen atoms in total. The van der Waals surface area contributed by atoms with Crippen LogP contribution in [0.15, 0.2) is 24.3 Å². The van der Waals surface area contributed by atoms with Crippen LogP contribution in [0, 0.1) is 0 Å². The first kappa shape index (κ1) is 15.2. The monoisotopic (exact) mass is 263 g/mol. The van der Waals surface area contributed by atoms with Gasteiger partial charge in [-0.25, -0.2) is 0 Å². The predicted molar refractivity (Wildman–Crippen MR) is 74.6 cm³/mol. The van der Waals surface area contributed by atoms with Crippen molar-refractivity contribution in [3.8, 4) is 0 Å². The topological polar surface area (TPSA) is 84.2 Å². The molecule has 0 heterocycles. The Morgan fingerprint density at radius 2 is 1.84 bits per heavy atom. The van der Waals surface area contributed by atoms with Crippen molar-refractivity contribution in [2.24, 2.45) is 5.73 Å². The van der Waals surface area contributed by atoms with E-state index in [1.54, 1.807) is 19.2 Å². The minimum absolute atomic E-state index is 0.0313. The molecule has 0 saturated heterocycles. The minimum Gasteiger partial charge on any atom is -0.355 e. The maximum absolute atomic E-state index is 11.5. The largest absolute Gasteiger partial charge is 0.355 e. The number of rotatable bonds is 7. The molecule has 5 heteroatoms. The number of amides is 2. The molecule has 1 rings (SSSR count). The maximum atomic E-state index is 11.5. The van der Waals surface area contributed by atoms with Crippen molar-refractivity contribution in [3.05, 3.63) is 35.4 Å². The van der Waals surface area contributed by atoms with Gasteiger partial charge in [0.1, 0.15) is 0 Å². The van der Waals surface area contributed by atoms with Gasteiger partial charge in [0, 0.05) is 25.6 Å². The SMILES string of the molecule is CNC(=O)c1ccc(CNC(=O)CCCCN)cc1. The van der Waals surface area contributed by atoms with Crippen LogP contribution in [0.3, 0.4) is 0 Å². The Kier molecular flexibility index (Phi) is 6.60. The Balaban J connectivity index is 2.37. The van der Waals surface area contributed by atoms with Gasteiger partial charge >= 0.3 is 0 Å². The molecule has 0 aliphatic heterocycles. The Bertz CT molecular complexity index is 415. The predicted octanol–water partition coefficient (Wildman–Crippen LogP) is 0.791. The van der Waals surface area contributed by atoms with E-state index in [0.29, 0.717) is 25.1 Å². The lowest BCUT2D eigenvalue weighted by Crippen LogP contribution is -2.22. The molecule has 0 fully saturated rings. The molecule has 0 aliphatic carbocycles. The smallest absolute Gasteiger partial charge is 0.251 e. The van der Waals surface area contributed by atoms with Crippen molar-refractivity contribution in [3.63, 3.8) is 0 Å².